The molecule has 0 spiro atoms. The van der Waals surface area contributed by atoms with Crippen LogP contribution in [0.1, 0.15) is 51.1 Å². The first-order chi connectivity index (χ1) is 11.1. The van der Waals surface area contributed by atoms with Crippen LogP contribution in [0.4, 0.5) is 5.82 Å². The average Bonchev–Trinajstić information content (AvgIpc) is 2.94. The monoisotopic (exact) mass is 311 g/mol. The molecule has 23 heavy (non-hydrogen) atoms. The Morgan fingerprint density at radius 3 is 2.48 bits per heavy atom. The summed E-state index contributed by atoms with van der Waals surface area (Å²) < 4.78 is 1.84. The van der Waals surface area contributed by atoms with Crippen LogP contribution in [0.5, 0.6) is 0 Å². The van der Waals surface area contributed by atoms with Crippen molar-refractivity contribution in [3.05, 3.63) is 18.1 Å². The lowest BCUT2D eigenvalue weighted by atomic mass is 9.48. The number of anilines is 1. The number of hydrogen-bond donors (Lipinski definition) is 1. The summed E-state index contributed by atoms with van der Waals surface area (Å²) in [6.07, 6.45) is 10.3. The molecule has 0 radical (unpaired) electrons. The number of rotatable bonds is 3. The maximum Gasteiger partial charge on any atom is 0.254 e. The zero-order valence-electron chi connectivity index (χ0n) is 14.0. The highest BCUT2D eigenvalue weighted by Crippen LogP contribution is 2.61. The molecule has 4 fully saturated rings. The molecule has 0 aliphatic heterocycles. The van der Waals surface area contributed by atoms with E-state index in [-0.39, 0.29) is 0 Å². The van der Waals surface area contributed by atoms with Crippen molar-refractivity contribution < 1.29 is 0 Å². The van der Waals surface area contributed by atoms with Crippen molar-refractivity contribution >= 4 is 11.6 Å². The van der Waals surface area contributed by atoms with E-state index in [4.69, 9.17) is 0 Å². The number of aryl methyl sites for hydroxylation is 1. The van der Waals surface area contributed by atoms with Gasteiger partial charge in [0, 0.05) is 17.8 Å². The molecule has 2 aromatic rings. The molecule has 2 aromatic heterocycles. The number of nitrogens with zero attached hydrogens (tertiary/aromatic N) is 4. The first kappa shape index (κ1) is 13.8. The Labute approximate surface area is 136 Å². The van der Waals surface area contributed by atoms with E-state index in [0.29, 0.717) is 17.2 Å². The van der Waals surface area contributed by atoms with E-state index in [1.165, 1.54) is 38.5 Å². The number of fused-ring (bicyclic) bond motifs is 1. The van der Waals surface area contributed by atoms with Crippen LogP contribution in [0.15, 0.2) is 12.4 Å². The lowest BCUT2D eigenvalue weighted by Gasteiger charge is -2.59. The molecule has 0 aromatic carbocycles. The fraction of sp³-hybridized carbons (Fsp3) is 0.722. The molecule has 5 nitrogen and oxygen atoms in total. The van der Waals surface area contributed by atoms with Crippen LogP contribution < -0.4 is 5.32 Å². The molecule has 0 amide bonds. The molecule has 1 unspecified atom stereocenters. The molecule has 4 aliphatic carbocycles. The van der Waals surface area contributed by atoms with Gasteiger partial charge in [0.2, 0.25) is 0 Å². The van der Waals surface area contributed by atoms with Gasteiger partial charge in [-0.25, -0.2) is 4.98 Å². The molecular formula is C18H25N5. The standard InChI is InChI=1S/C18H25N5/c1-11-3-16(23-17(21-11)19-10-20-23)22-12(2)18-7-13-4-14(8-18)6-15(5-13)9-18/h3,10,12-15,22H,4-9H2,1-2H3. The molecule has 1 N–H and O–H groups in total. The SMILES string of the molecule is Cc1cc(NC(C)C23CC4CC(CC(C4)C2)C3)n2ncnc2n1. The molecule has 1 atom stereocenters. The quantitative estimate of drug-likeness (QED) is 0.943. The van der Waals surface area contributed by atoms with Gasteiger partial charge in [-0.15, -0.1) is 0 Å². The Morgan fingerprint density at radius 2 is 1.83 bits per heavy atom. The largest absolute Gasteiger partial charge is 0.367 e. The second-order valence-corrected chi connectivity index (χ2v) is 8.40. The number of hydrogen-bond acceptors (Lipinski definition) is 4. The van der Waals surface area contributed by atoms with E-state index in [1.54, 1.807) is 6.33 Å². The van der Waals surface area contributed by atoms with Crippen molar-refractivity contribution in [3.8, 4) is 0 Å². The van der Waals surface area contributed by atoms with Gasteiger partial charge in [0.25, 0.3) is 5.78 Å². The third-order valence-electron chi connectivity index (χ3n) is 6.75. The van der Waals surface area contributed by atoms with Gasteiger partial charge in [0.15, 0.2) is 0 Å². The molecule has 4 bridgehead atoms. The maximum absolute atomic E-state index is 4.45. The summed E-state index contributed by atoms with van der Waals surface area (Å²) in [6.45, 7) is 4.40. The minimum Gasteiger partial charge on any atom is -0.367 e. The van der Waals surface area contributed by atoms with E-state index in [1.807, 2.05) is 11.4 Å². The van der Waals surface area contributed by atoms with Crippen LogP contribution in [0, 0.1) is 30.1 Å². The van der Waals surface area contributed by atoms with Gasteiger partial charge in [-0.3, -0.25) is 0 Å². The van der Waals surface area contributed by atoms with E-state index in [9.17, 15) is 0 Å². The summed E-state index contributed by atoms with van der Waals surface area (Å²) in [6, 6.07) is 2.57. The first-order valence-corrected chi connectivity index (χ1v) is 9.05. The molecule has 122 valence electrons. The predicted molar refractivity (Wildman–Crippen MR) is 89.2 cm³/mol. The Balaban J connectivity index is 1.47. The molecule has 6 rings (SSSR count). The van der Waals surface area contributed by atoms with Gasteiger partial charge in [0.1, 0.15) is 12.1 Å². The molecule has 5 heteroatoms. The second kappa shape index (κ2) is 4.68. The third-order valence-corrected chi connectivity index (χ3v) is 6.75. The van der Waals surface area contributed by atoms with E-state index in [0.717, 1.165) is 29.3 Å². The van der Waals surface area contributed by atoms with E-state index < -0.39 is 0 Å². The van der Waals surface area contributed by atoms with Crippen molar-refractivity contribution in [3.63, 3.8) is 0 Å². The van der Waals surface area contributed by atoms with Crippen LogP contribution in [-0.4, -0.2) is 25.6 Å². The van der Waals surface area contributed by atoms with Gasteiger partial charge in [-0.05, 0) is 75.5 Å². The predicted octanol–water partition coefficient (Wildman–Crippen LogP) is 3.45. The summed E-state index contributed by atoms with van der Waals surface area (Å²) in [5, 5.41) is 8.13. The third kappa shape index (κ3) is 2.08. The average molecular weight is 311 g/mol. The fourth-order valence-corrected chi connectivity index (χ4v) is 6.12. The Bertz CT molecular complexity index is 714. The van der Waals surface area contributed by atoms with Crippen LogP contribution in [0.25, 0.3) is 5.78 Å². The van der Waals surface area contributed by atoms with Gasteiger partial charge >= 0.3 is 0 Å². The smallest absolute Gasteiger partial charge is 0.254 e. The molecular weight excluding hydrogens is 286 g/mol. The summed E-state index contributed by atoms with van der Waals surface area (Å²) in [7, 11) is 0. The Hall–Kier alpha value is -1.65. The van der Waals surface area contributed by atoms with Crippen molar-refractivity contribution in [1.82, 2.24) is 19.6 Å². The van der Waals surface area contributed by atoms with Gasteiger partial charge in [0.05, 0.1) is 0 Å². The lowest BCUT2D eigenvalue weighted by molar-refractivity contribution is -0.0603. The highest BCUT2D eigenvalue weighted by atomic mass is 15.4. The zero-order chi connectivity index (χ0) is 15.6. The van der Waals surface area contributed by atoms with Crippen molar-refractivity contribution in [2.75, 3.05) is 5.32 Å². The van der Waals surface area contributed by atoms with E-state index >= 15 is 0 Å². The van der Waals surface area contributed by atoms with Crippen LogP contribution >= 0.6 is 0 Å². The molecule has 0 saturated heterocycles. The van der Waals surface area contributed by atoms with Crippen molar-refractivity contribution in [1.29, 1.82) is 0 Å². The fourth-order valence-electron chi connectivity index (χ4n) is 6.12. The van der Waals surface area contributed by atoms with Crippen LogP contribution in [0.3, 0.4) is 0 Å². The van der Waals surface area contributed by atoms with Crippen LogP contribution in [-0.2, 0) is 0 Å². The maximum atomic E-state index is 4.45. The minimum atomic E-state index is 0.477. The molecule has 2 heterocycles. The molecule has 4 aliphatic rings. The van der Waals surface area contributed by atoms with Gasteiger partial charge < -0.3 is 5.32 Å². The summed E-state index contributed by atoms with van der Waals surface area (Å²) in [4.78, 5) is 8.69. The molecule has 4 saturated carbocycles. The second-order valence-electron chi connectivity index (χ2n) is 8.40. The van der Waals surface area contributed by atoms with Crippen LogP contribution in [0.2, 0.25) is 0 Å². The Kier molecular flexibility index (Phi) is 2.80. The normalized spacial score (nSPS) is 36.5. The van der Waals surface area contributed by atoms with E-state index in [2.05, 4.69) is 33.4 Å². The van der Waals surface area contributed by atoms with Gasteiger partial charge in [-0.2, -0.15) is 14.6 Å². The van der Waals surface area contributed by atoms with Gasteiger partial charge in [-0.1, -0.05) is 0 Å². The number of aromatic nitrogens is 4. The summed E-state index contributed by atoms with van der Waals surface area (Å²) in [5.41, 5.74) is 1.48. The summed E-state index contributed by atoms with van der Waals surface area (Å²) in [5.74, 6) is 4.67. The Morgan fingerprint density at radius 1 is 1.17 bits per heavy atom. The first-order valence-electron chi connectivity index (χ1n) is 9.05. The minimum absolute atomic E-state index is 0.477. The topological polar surface area (TPSA) is 55.1 Å². The summed E-state index contributed by atoms with van der Waals surface area (Å²) >= 11 is 0. The number of nitrogens with one attached hydrogen (secondary N) is 1. The van der Waals surface area contributed by atoms with Crippen molar-refractivity contribution in [2.24, 2.45) is 23.2 Å². The zero-order valence-corrected chi connectivity index (χ0v) is 14.0. The van der Waals surface area contributed by atoms with Crippen molar-refractivity contribution in [2.45, 2.75) is 58.4 Å². The highest BCUT2D eigenvalue weighted by Gasteiger charge is 2.53. The highest BCUT2D eigenvalue weighted by molar-refractivity contribution is 5.45. The lowest BCUT2D eigenvalue weighted by Crippen LogP contribution is -2.53.